The molecule has 1 heterocycles. The number of nitrogens with one attached hydrogen (secondary N) is 1. The Hall–Kier alpha value is -2.24. The molecule has 0 radical (unpaired) electrons. The second-order valence-corrected chi connectivity index (χ2v) is 6.85. The maximum atomic E-state index is 5.40. The van der Waals surface area contributed by atoms with E-state index in [1.165, 1.54) is 24.0 Å². The Morgan fingerprint density at radius 2 is 1.59 bits per heavy atom. The van der Waals surface area contributed by atoms with Gasteiger partial charge in [0.1, 0.15) is 5.75 Å². The van der Waals surface area contributed by atoms with Gasteiger partial charge >= 0.3 is 0 Å². The summed E-state index contributed by atoms with van der Waals surface area (Å²) in [5.41, 5.74) is 2.51. The van der Waals surface area contributed by atoms with Crippen LogP contribution in [0.1, 0.15) is 30.0 Å². The molecule has 0 spiro atoms. The summed E-state index contributed by atoms with van der Waals surface area (Å²) >= 11 is 0. The molecule has 0 aliphatic carbocycles. The number of nitrogens with zero attached hydrogens (tertiary/aromatic N) is 1. The molecule has 0 amide bonds. The van der Waals surface area contributed by atoms with Gasteiger partial charge in [-0.3, -0.25) is 4.90 Å². The third kappa shape index (κ3) is 4.93. The van der Waals surface area contributed by atoms with E-state index in [9.17, 15) is 0 Å². The second kappa shape index (κ2) is 9.62. The molecule has 3 rings (SSSR count). The van der Waals surface area contributed by atoms with Crippen molar-refractivity contribution in [1.29, 1.82) is 0 Å². The van der Waals surface area contributed by atoms with E-state index in [1.807, 2.05) is 24.3 Å². The molecule has 0 saturated carbocycles. The first kappa shape index (κ1) is 19.5. The Kier molecular flexibility index (Phi) is 6.96. The smallest absolute Gasteiger partial charge is 0.161 e. The van der Waals surface area contributed by atoms with Crippen molar-refractivity contribution in [3.05, 3.63) is 53.6 Å². The van der Waals surface area contributed by atoms with Crippen LogP contribution in [0.2, 0.25) is 0 Å². The first-order valence-corrected chi connectivity index (χ1v) is 9.54. The molecule has 2 aromatic carbocycles. The average Bonchev–Trinajstić information content (AvgIpc) is 3.25. The van der Waals surface area contributed by atoms with Crippen molar-refractivity contribution in [3.8, 4) is 17.2 Å². The highest BCUT2D eigenvalue weighted by Gasteiger charge is 2.23. The van der Waals surface area contributed by atoms with Gasteiger partial charge in [-0.2, -0.15) is 0 Å². The van der Waals surface area contributed by atoms with Gasteiger partial charge in [-0.25, -0.2) is 0 Å². The second-order valence-electron chi connectivity index (χ2n) is 6.85. The zero-order chi connectivity index (χ0) is 19.1. The highest BCUT2D eigenvalue weighted by molar-refractivity contribution is 5.42. The van der Waals surface area contributed by atoms with Crippen molar-refractivity contribution in [2.75, 3.05) is 41.0 Å². The Balaban J connectivity index is 1.65. The molecular formula is C22H30N2O3. The summed E-state index contributed by atoms with van der Waals surface area (Å²) < 4.78 is 16.0. The van der Waals surface area contributed by atoms with E-state index >= 15 is 0 Å². The Morgan fingerprint density at radius 3 is 2.22 bits per heavy atom. The zero-order valence-electron chi connectivity index (χ0n) is 16.5. The summed E-state index contributed by atoms with van der Waals surface area (Å²) in [5, 5.41) is 3.63. The molecule has 1 atom stereocenters. The lowest BCUT2D eigenvalue weighted by molar-refractivity contribution is 0.238. The normalized spacial score (nSPS) is 15.5. The summed E-state index contributed by atoms with van der Waals surface area (Å²) in [6.45, 7) is 4.02. The molecule has 1 aliphatic heterocycles. The maximum absolute atomic E-state index is 5.40. The summed E-state index contributed by atoms with van der Waals surface area (Å²) in [7, 11) is 5.03. The van der Waals surface area contributed by atoms with Crippen LogP contribution < -0.4 is 19.5 Å². The standard InChI is InChI=1S/C22H30N2O3/c1-25-19-9-7-18(8-10-19)20(24-12-4-5-13-24)16-23-15-17-6-11-21(26-2)22(14-17)27-3/h6-11,14,20,23H,4-5,12-13,15-16H2,1-3H3. The van der Waals surface area contributed by atoms with E-state index in [1.54, 1.807) is 21.3 Å². The molecule has 27 heavy (non-hydrogen) atoms. The van der Waals surface area contributed by atoms with Crippen molar-refractivity contribution in [2.24, 2.45) is 0 Å². The molecule has 1 unspecified atom stereocenters. The quantitative estimate of drug-likeness (QED) is 0.730. The molecule has 0 aromatic heterocycles. The molecule has 1 aliphatic rings. The van der Waals surface area contributed by atoms with Gasteiger partial charge in [0.15, 0.2) is 11.5 Å². The predicted octanol–water partition coefficient (Wildman–Crippen LogP) is 3.64. The summed E-state index contributed by atoms with van der Waals surface area (Å²) in [6.07, 6.45) is 2.56. The SMILES string of the molecule is COc1ccc(C(CNCc2ccc(OC)c(OC)c2)N2CCCC2)cc1. The van der Waals surface area contributed by atoms with Gasteiger partial charge in [-0.15, -0.1) is 0 Å². The van der Waals surface area contributed by atoms with Gasteiger partial charge in [0, 0.05) is 19.1 Å². The van der Waals surface area contributed by atoms with Gasteiger partial charge in [0.25, 0.3) is 0 Å². The van der Waals surface area contributed by atoms with E-state index < -0.39 is 0 Å². The fraction of sp³-hybridized carbons (Fsp3) is 0.455. The maximum Gasteiger partial charge on any atom is 0.161 e. The average molecular weight is 370 g/mol. The number of hydrogen-bond acceptors (Lipinski definition) is 5. The minimum Gasteiger partial charge on any atom is -0.497 e. The summed E-state index contributed by atoms with van der Waals surface area (Å²) in [4.78, 5) is 2.57. The molecule has 146 valence electrons. The van der Waals surface area contributed by atoms with Crippen molar-refractivity contribution >= 4 is 0 Å². The van der Waals surface area contributed by atoms with Gasteiger partial charge in [0.05, 0.1) is 21.3 Å². The first-order valence-electron chi connectivity index (χ1n) is 9.54. The lowest BCUT2D eigenvalue weighted by Gasteiger charge is -2.28. The summed E-state index contributed by atoms with van der Waals surface area (Å²) in [6, 6.07) is 14.9. The summed E-state index contributed by atoms with van der Waals surface area (Å²) in [5.74, 6) is 2.43. The molecule has 1 fully saturated rings. The van der Waals surface area contributed by atoms with Crippen LogP contribution in [-0.4, -0.2) is 45.9 Å². The fourth-order valence-electron chi connectivity index (χ4n) is 3.68. The van der Waals surface area contributed by atoms with Crippen LogP contribution in [0, 0.1) is 0 Å². The van der Waals surface area contributed by atoms with E-state index in [0.717, 1.165) is 43.4 Å². The van der Waals surface area contributed by atoms with Crippen LogP contribution >= 0.6 is 0 Å². The van der Waals surface area contributed by atoms with Crippen molar-refractivity contribution in [1.82, 2.24) is 10.2 Å². The van der Waals surface area contributed by atoms with Crippen LogP contribution in [0.3, 0.4) is 0 Å². The number of likely N-dealkylation sites (tertiary alicyclic amines) is 1. The van der Waals surface area contributed by atoms with Gasteiger partial charge in [-0.1, -0.05) is 18.2 Å². The number of ether oxygens (including phenoxy) is 3. The molecule has 0 bridgehead atoms. The zero-order valence-corrected chi connectivity index (χ0v) is 16.5. The highest BCUT2D eigenvalue weighted by atomic mass is 16.5. The van der Waals surface area contributed by atoms with E-state index in [0.29, 0.717) is 6.04 Å². The molecule has 1 saturated heterocycles. The van der Waals surface area contributed by atoms with Crippen LogP contribution in [0.15, 0.2) is 42.5 Å². The third-order valence-electron chi connectivity index (χ3n) is 5.20. The monoisotopic (exact) mass is 370 g/mol. The Bertz CT molecular complexity index is 712. The Labute approximate surface area is 162 Å². The number of rotatable bonds is 9. The predicted molar refractivity (Wildman–Crippen MR) is 108 cm³/mol. The van der Waals surface area contributed by atoms with Crippen LogP contribution in [0.4, 0.5) is 0 Å². The molecule has 5 heteroatoms. The van der Waals surface area contributed by atoms with E-state index in [-0.39, 0.29) is 0 Å². The van der Waals surface area contributed by atoms with Gasteiger partial charge in [0.2, 0.25) is 0 Å². The molecular weight excluding hydrogens is 340 g/mol. The van der Waals surface area contributed by atoms with E-state index in [4.69, 9.17) is 14.2 Å². The molecule has 1 N–H and O–H groups in total. The number of benzene rings is 2. The minimum atomic E-state index is 0.374. The number of hydrogen-bond donors (Lipinski definition) is 1. The topological polar surface area (TPSA) is 43.0 Å². The highest BCUT2D eigenvalue weighted by Crippen LogP contribution is 2.28. The van der Waals surface area contributed by atoms with Crippen LogP contribution in [0.5, 0.6) is 17.2 Å². The lowest BCUT2D eigenvalue weighted by atomic mass is 10.0. The van der Waals surface area contributed by atoms with E-state index in [2.05, 4.69) is 28.4 Å². The lowest BCUT2D eigenvalue weighted by Crippen LogP contribution is -2.34. The Morgan fingerprint density at radius 1 is 0.889 bits per heavy atom. The van der Waals surface area contributed by atoms with Crippen molar-refractivity contribution in [2.45, 2.75) is 25.4 Å². The first-order chi connectivity index (χ1) is 13.2. The van der Waals surface area contributed by atoms with Crippen molar-refractivity contribution < 1.29 is 14.2 Å². The van der Waals surface area contributed by atoms with Crippen molar-refractivity contribution in [3.63, 3.8) is 0 Å². The van der Waals surface area contributed by atoms with Crippen LogP contribution in [0.25, 0.3) is 0 Å². The fourth-order valence-corrected chi connectivity index (χ4v) is 3.68. The molecule has 2 aromatic rings. The van der Waals surface area contributed by atoms with Crippen LogP contribution in [-0.2, 0) is 6.54 Å². The van der Waals surface area contributed by atoms with Gasteiger partial charge in [-0.05, 0) is 61.3 Å². The third-order valence-corrected chi connectivity index (χ3v) is 5.20. The molecule has 5 nitrogen and oxygen atoms in total. The number of methoxy groups -OCH3 is 3. The van der Waals surface area contributed by atoms with Gasteiger partial charge < -0.3 is 19.5 Å². The largest absolute Gasteiger partial charge is 0.497 e. The minimum absolute atomic E-state index is 0.374.